The van der Waals surface area contributed by atoms with E-state index in [1.807, 2.05) is 38.1 Å². The average Bonchev–Trinajstić information content (AvgIpc) is 2.61. The second-order valence-electron chi connectivity index (χ2n) is 3.88. The number of rotatable bonds is 2. The predicted molar refractivity (Wildman–Crippen MR) is 64.9 cm³/mol. The number of para-hydroxylation sites is 1. The molecule has 0 saturated carbocycles. The van der Waals surface area contributed by atoms with Gasteiger partial charge in [0.1, 0.15) is 0 Å². The number of benzene rings is 1. The van der Waals surface area contributed by atoms with Gasteiger partial charge in [-0.15, -0.1) is 5.10 Å². The molecule has 0 aliphatic carbocycles. The molecule has 16 heavy (non-hydrogen) atoms. The molecule has 0 aliphatic heterocycles. The fourth-order valence-electron chi connectivity index (χ4n) is 1.64. The second-order valence-corrected chi connectivity index (χ2v) is 4.29. The third kappa shape index (κ3) is 1.76. The predicted octanol–water partition coefficient (Wildman–Crippen LogP) is 2.63. The topological polar surface area (TPSA) is 56.7 Å². The van der Waals surface area contributed by atoms with Gasteiger partial charge in [-0.1, -0.05) is 42.8 Å². The highest BCUT2D eigenvalue weighted by Gasteiger charge is 2.16. The minimum Gasteiger partial charge on any atom is -0.381 e. The number of halogens is 1. The van der Waals surface area contributed by atoms with Gasteiger partial charge in [0.2, 0.25) is 0 Å². The summed E-state index contributed by atoms with van der Waals surface area (Å²) in [6, 6.07) is 7.49. The van der Waals surface area contributed by atoms with E-state index in [2.05, 4.69) is 10.3 Å². The maximum Gasteiger partial charge on any atom is 0.169 e. The molecule has 1 aromatic heterocycles. The molecule has 2 rings (SSSR count). The van der Waals surface area contributed by atoms with Crippen LogP contribution in [0.4, 0.5) is 5.82 Å². The molecule has 0 aliphatic rings. The summed E-state index contributed by atoms with van der Waals surface area (Å²) in [7, 11) is 0. The van der Waals surface area contributed by atoms with Gasteiger partial charge in [-0.25, -0.2) is 4.68 Å². The minimum atomic E-state index is 0.242. The number of nitrogen functional groups attached to an aromatic ring is 1. The number of aromatic nitrogens is 3. The lowest BCUT2D eigenvalue weighted by atomic mass is 10.1. The van der Waals surface area contributed by atoms with Gasteiger partial charge in [0, 0.05) is 0 Å². The molecule has 0 atom stereocenters. The van der Waals surface area contributed by atoms with Crippen LogP contribution in [0.3, 0.4) is 0 Å². The third-order valence-electron chi connectivity index (χ3n) is 2.36. The summed E-state index contributed by atoms with van der Waals surface area (Å²) >= 11 is 6.12. The van der Waals surface area contributed by atoms with Crippen LogP contribution in [-0.2, 0) is 0 Å². The minimum absolute atomic E-state index is 0.242. The Morgan fingerprint density at radius 1 is 1.31 bits per heavy atom. The monoisotopic (exact) mass is 236 g/mol. The van der Waals surface area contributed by atoms with Gasteiger partial charge in [-0.05, 0) is 18.1 Å². The molecule has 0 unspecified atom stereocenters. The second kappa shape index (κ2) is 4.14. The standard InChI is InChI=1S/C11H13ClN4/c1-7(2)10-11(13)14-15-16(10)9-6-4-3-5-8(9)12/h3-7H,13H2,1-2H3. The van der Waals surface area contributed by atoms with Crippen molar-refractivity contribution >= 4 is 17.4 Å². The first-order chi connectivity index (χ1) is 7.61. The first-order valence-corrected chi connectivity index (χ1v) is 5.45. The van der Waals surface area contributed by atoms with Crippen molar-refractivity contribution in [2.45, 2.75) is 19.8 Å². The molecule has 0 bridgehead atoms. The fraction of sp³-hybridized carbons (Fsp3) is 0.273. The Hall–Kier alpha value is -1.55. The van der Waals surface area contributed by atoms with Crippen LogP contribution in [0, 0.1) is 0 Å². The molecule has 84 valence electrons. The van der Waals surface area contributed by atoms with Gasteiger partial charge in [0.15, 0.2) is 5.82 Å². The number of nitrogens with two attached hydrogens (primary N) is 1. The fourth-order valence-corrected chi connectivity index (χ4v) is 1.86. The van der Waals surface area contributed by atoms with Crippen molar-refractivity contribution in [3.63, 3.8) is 0 Å². The Kier molecular flexibility index (Phi) is 2.83. The van der Waals surface area contributed by atoms with E-state index in [4.69, 9.17) is 17.3 Å². The van der Waals surface area contributed by atoms with Crippen molar-refractivity contribution in [3.8, 4) is 5.69 Å². The Morgan fingerprint density at radius 3 is 2.62 bits per heavy atom. The Bertz CT molecular complexity index is 504. The molecule has 0 radical (unpaired) electrons. The largest absolute Gasteiger partial charge is 0.381 e. The lowest BCUT2D eigenvalue weighted by Gasteiger charge is -2.10. The molecule has 0 spiro atoms. The zero-order chi connectivity index (χ0) is 11.7. The van der Waals surface area contributed by atoms with Gasteiger partial charge in [0.25, 0.3) is 0 Å². The lowest BCUT2D eigenvalue weighted by molar-refractivity contribution is 0.716. The van der Waals surface area contributed by atoms with Crippen LogP contribution in [-0.4, -0.2) is 15.0 Å². The van der Waals surface area contributed by atoms with E-state index in [0.29, 0.717) is 10.8 Å². The first-order valence-electron chi connectivity index (χ1n) is 5.07. The highest BCUT2D eigenvalue weighted by molar-refractivity contribution is 6.32. The lowest BCUT2D eigenvalue weighted by Crippen LogP contribution is -2.05. The highest BCUT2D eigenvalue weighted by atomic mass is 35.5. The number of anilines is 1. The highest BCUT2D eigenvalue weighted by Crippen LogP contribution is 2.26. The van der Waals surface area contributed by atoms with Crippen LogP contribution in [0.15, 0.2) is 24.3 Å². The van der Waals surface area contributed by atoms with Crippen molar-refractivity contribution in [1.29, 1.82) is 0 Å². The normalized spacial score (nSPS) is 11.0. The summed E-state index contributed by atoms with van der Waals surface area (Å²) in [6.07, 6.45) is 0. The zero-order valence-corrected chi connectivity index (χ0v) is 9.94. The maximum absolute atomic E-state index is 6.12. The average molecular weight is 237 g/mol. The molecular weight excluding hydrogens is 224 g/mol. The number of nitrogens with zero attached hydrogens (tertiary/aromatic N) is 3. The van der Waals surface area contributed by atoms with E-state index in [0.717, 1.165) is 11.4 Å². The SMILES string of the molecule is CC(C)c1c(N)nnn1-c1ccccc1Cl. The van der Waals surface area contributed by atoms with Crippen molar-refractivity contribution in [2.24, 2.45) is 0 Å². The smallest absolute Gasteiger partial charge is 0.169 e. The van der Waals surface area contributed by atoms with E-state index in [1.54, 1.807) is 4.68 Å². The van der Waals surface area contributed by atoms with E-state index in [9.17, 15) is 0 Å². The number of hydrogen-bond donors (Lipinski definition) is 1. The molecule has 1 heterocycles. The molecule has 2 aromatic rings. The summed E-state index contributed by atoms with van der Waals surface area (Å²) in [5.74, 6) is 0.696. The van der Waals surface area contributed by atoms with Crippen LogP contribution in [0.5, 0.6) is 0 Å². The molecule has 1 aromatic carbocycles. The summed E-state index contributed by atoms with van der Waals surface area (Å²) in [4.78, 5) is 0. The van der Waals surface area contributed by atoms with E-state index >= 15 is 0 Å². The molecule has 0 amide bonds. The zero-order valence-electron chi connectivity index (χ0n) is 9.18. The molecular formula is C11H13ClN4. The summed E-state index contributed by atoms with van der Waals surface area (Å²) in [5, 5.41) is 8.55. The molecule has 0 saturated heterocycles. The molecule has 5 heteroatoms. The number of hydrogen-bond acceptors (Lipinski definition) is 3. The molecule has 0 fully saturated rings. The van der Waals surface area contributed by atoms with Crippen LogP contribution in [0.2, 0.25) is 5.02 Å². The van der Waals surface area contributed by atoms with Crippen LogP contribution in [0.1, 0.15) is 25.5 Å². The molecule has 2 N–H and O–H groups in total. The van der Waals surface area contributed by atoms with Gasteiger partial charge in [0.05, 0.1) is 16.4 Å². The molecule has 4 nitrogen and oxygen atoms in total. The summed E-state index contributed by atoms with van der Waals surface area (Å²) < 4.78 is 1.70. The first kappa shape index (κ1) is 11.0. The third-order valence-corrected chi connectivity index (χ3v) is 2.68. The van der Waals surface area contributed by atoms with E-state index in [1.165, 1.54) is 0 Å². The van der Waals surface area contributed by atoms with Crippen LogP contribution >= 0.6 is 11.6 Å². The van der Waals surface area contributed by atoms with Crippen molar-refractivity contribution in [3.05, 3.63) is 35.0 Å². The Labute approximate surface area is 99.0 Å². The van der Waals surface area contributed by atoms with Gasteiger partial charge < -0.3 is 5.73 Å². The van der Waals surface area contributed by atoms with Crippen molar-refractivity contribution in [1.82, 2.24) is 15.0 Å². The Morgan fingerprint density at radius 2 is 2.00 bits per heavy atom. The van der Waals surface area contributed by atoms with Crippen molar-refractivity contribution in [2.75, 3.05) is 5.73 Å². The quantitative estimate of drug-likeness (QED) is 0.872. The summed E-state index contributed by atoms with van der Waals surface area (Å²) in [5.41, 5.74) is 7.48. The maximum atomic E-state index is 6.12. The van der Waals surface area contributed by atoms with Crippen molar-refractivity contribution < 1.29 is 0 Å². The summed E-state index contributed by atoms with van der Waals surface area (Å²) in [6.45, 7) is 4.09. The van der Waals surface area contributed by atoms with Crippen LogP contribution < -0.4 is 5.73 Å². The van der Waals surface area contributed by atoms with Gasteiger partial charge in [-0.3, -0.25) is 0 Å². The Balaban J connectivity index is 2.61. The van der Waals surface area contributed by atoms with Gasteiger partial charge >= 0.3 is 0 Å². The van der Waals surface area contributed by atoms with Crippen LogP contribution in [0.25, 0.3) is 5.69 Å². The van der Waals surface area contributed by atoms with Gasteiger partial charge in [-0.2, -0.15) is 0 Å². The van der Waals surface area contributed by atoms with E-state index in [-0.39, 0.29) is 5.92 Å². The van der Waals surface area contributed by atoms with E-state index < -0.39 is 0 Å².